The highest BCUT2D eigenvalue weighted by molar-refractivity contribution is 6.37. The number of primary amides is 1. The smallest absolute Gasteiger partial charge is 0.408 e. The van der Waals surface area contributed by atoms with E-state index in [2.05, 4.69) is 24.5 Å². The first-order chi connectivity index (χ1) is 18.4. The van der Waals surface area contributed by atoms with Gasteiger partial charge in [0.1, 0.15) is 17.7 Å². The number of nitrogens with one attached hydrogen (secondary N) is 2. The van der Waals surface area contributed by atoms with E-state index >= 15 is 0 Å². The van der Waals surface area contributed by atoms with Crippen molar-refractivity contribution in [2.45, 2.75) is 130 Å². The molecule has 0 aromatic heterocycles. The summed E-state index contributed by atoms with van der Waals surface area (Å²) in [7, 11) is 0. The highest BCUT2D eigenvalue weighted by atomic mass is 16.6. The number of carbonyl (C=O) groups is 5. The van der Waals surface area contributed by atoms with Crippen molar-refractivity contribution >= 4 is 29.6 Å². The van der Waals surface area contributed by atoms with Crippen molar-refractivity contribution in [1.82, 2.24) is 15.5 Å². The molecule has 4 N–H and O–H groups in total. The van der Waals surface area contributed by atoms with Crippen LogP contribution in [0, 0.1) is 22.2 Å². The minimum Gasteiger partial charge on any atom is -0.444 e. The number of carbonyl (C=O) groups excluding carboxylic acids is 5. The third-order valence-corrected chi connectivity index (χ3v) is 9.49. The normalized spacial score (nSPS) is 25.5. The van der Waals surface area contributed by atoms with Crippen molar-refractivity contribution in [3.05, 3.63) is 0 Å². The minimum absolute atomic E-state index is 0.0325. The molecular weight excluding hydrogens is 512 g/mol. The second kappa shape index (κ2) is 11.3. The van der Waals surface area contributed by atoms with Crippen molar-refractivity contribution < 1.29 is 28.7 Å². The molecule has 0 radical (unpaired) electrons. The Morgan fingerprint density at radius 3 is 2.02 bits per heavy atom. The molecule has 10 heteroatoms. The number of nitrogens with zero attached hydrogens (tertiary/aromatic N) is 1. The zero-order valence-electron chi connectivity index (χ0n) is 25.6. The predicted molar refractivity (Wildman–Crippen MR) is 151 cm³/mol. The fourth-order valence-electron chi connectivity index (χ4n) is 6.79. The molecule has 4 atom stereocenters. The predicted octanol–water partition coefficient (Wildman–Crippen LogP) is 3.45. The van der Waals surface area contributed by atoms with E-state index in [9.17, 15) is 24.0 Å². The van der Waals surface area contributed by atoms with Crippen molar-refractivity contribution in [2.24, 2.45) is 27.9 Å². The topological polar surface area (TPSA) is 148 Å². The molecule has 2 unspecified atom stereocenters. The molecular formula is C30H50N4O6. The van der Waals surface area contributed by atoms with E-state index in [0.29, 0.717) is 19.4 Å². The monoisotopic (exact) mass is 562 g/mol. The Bertz CT molecular complexity index is 1020. The number of rotatable bonds is 10. The van der Waals surface area contributed by atoms with Gasteiger partial charge in [0.2, 0.25) is 17.6 Å². The molecule has 3 aliphatic rings. The van der Waals surface area contributed by atoms with Gasteiger partial charge in [-0.3, -0.25) is 19.2 Å². The molecule has 1 aliphatic heterocycles. The fourth-order valence-corrected chi connectivity index (χ4v) is 6.79. The Morgan fingerprint density at radius 1 is 1.00 bits per heavy atom. The van der Waals surface area contributed by atoms with Gasteiger partial charge in [0, 0.05) is 6.54 Å². The first kappa shape index (κ1) is 31.9. The molecule has 2 saturated carbocycles. The number of alkyl carbamates (subject to hydrolysis) is 1. The van der Waals surface area contributed by atoms with Crippen LogP contribution in [0.3, 0.4) is 0 Å². The highest BCUT2D eigenvalue weighted by Gasteiger charge is 2.70. The molecule has 0 bridgehead atoms. The number of likely N-dealkylation sites (tertiary alicyclic amines) is 1. The number of ketones is 1. The number of nitrogens with two attached hydrogens (primary N) is 1. The van der Waals surface area contributed by atoms with E-state index in [-0.39, 0.29) is 22.7 Å². The molecule has 226 valence electrons. The van der Waals surface area contributed by atoms with E-state index < -0.39 is 52.8 Å². The number of hydrogen-bond acceptors (Lipinski definition) is 6. The molecule has 1 saturated heterocycles. The second-order valence-corrected chi connectivity index (χ2v) is 14.4. The second-order valence-electron chi connectivity index (χ2n) is 14.4. The van der Waals surface area contributed by atoms with Gasteiger partial charge in [-0.25, -0.2) is 4.79 Å². The summed E-state index contributed by atoms with van der Waals surface area (Å²) in [4.78, 5) is 66.8. The number of hydrogen-bond donors (Lipinski definition) is 3. The van der Waals surface area contributed by atoms with Crippen LogP contribution in [-0.2, 0) is 23.9 Å². The molecule has 10 nitrogen and oxygen atoms in total. The maximum absolute atomic E-state index is 14.2. The molecule has 0 aromatic carbocycles. The highest BCUT2D eigenvalue weighted by Crippen LogP contribution is 2.72. The maximum atomic E-state index is 14.2. The van der Waals surface area contributed by atoms with E-state index in [1.165, 1.54) is 0 Å². The Labute approximate surface area is 238 Å². The fraction of sp³-hybridized carbons (Fsp3) is 0.833. The lowest BCUT2D eigenvalue weighted by Gasteiger charge is -2.36. The number of amides is 4. The lowest BCUT2D eigenvalue weighted by atomic mass is 9.80. The average Bonchev–Trinajstić information content (AvgIpc) is 3.26. The maximum Gasteiger partial charge on any atom is 0.408 e. The van der Waals surface area contributed by atoms with Crippen LogP contribution in [0.25, 0.3) is 0 Å². The van der Waals surface area contributed by atoms with Gasteiger partial charge in [0.25, 0.3) is 5.91 Å². The van der Waals surface area contributed by atoms with Gasteiger partial charge >= 0.3 is 6.09 Å². The van der Waals surface area contributed by atoms with E-state index in [1.807, 2.05) is 20.8 Å². The summed E-state index contributed by atoms with van der Waals surface area (Å²) in [5, 5.41) is 5.57. The van der Waals surface area contributed by atoms with Gasteiger partial charge in [0.15, 0.2) is 0 Å². The Kier molecular flexibility index (Phi) is 9.02. The minimum atomic E-state index is -1.08. The van der Waals surface area contributed by atoms with E-state index in [4.69, 9.17) is 10.5 Å². The van der Waals surface area contributed by atoms with Crippen LogP contribution in [-0.4, -0.2) is 64.8 Å². The van der Waals surface area contributed by atoms with Crippen molar-refractivity contribution in [2.75, 3.05) is 6.54 Å². The Hall–Kier alpha value is -2.65. The van der Waals surface area contributed by atoms with Gasteiger partial charge in [0.05, 0.1) is 6.04 Å². The lowest BCUT2D eigenvalue weighted by molar-refractivity contribution is -0.143. The zero-order chi connectivity index (χ0) is 30.3. The van der Waals surface area contributed by atoms with Crippen molar-refractivity contribution in [3.8, 4) is 0 Å². The molecule has 1 spiro atoms. The first-order valence-electron chi connectivity index (χ1n) is 14.8. The van der Waals surface area contributed by atoms with Crippen LogP contribution in [0.15, 0.2) is 0 Å². The zero-order valence-corrected chi connectivity index (χ0v) is 25.6. The van der Waals surface area contributed by atoms with Crippen LogP contribution in [0.1, 0.15) is 107 Å². The summed E-state index contributed by atoms with van der Waals surface area (Å²) in [5.74, 6) is -2.45. The molecule has 40 heavy (non-hydrogen) atoms. The van der Waals surface area contributed by atoms with Crippen LogP contribution in [0.5, 0.6) is 0 Å². The third-order valence-electron chi connectivity index (χ3n) is 9.49. The van der Waals surface area contributed by atoms with Gasteiger partial charge in [-0.05, 0) is 75.0 Å². The molecule has 3 rings (SSSR count). The number of ether oxygens (including phenoxy) is 1. The quantitative estimate of drug-likeness (QED) is 0.347. The molecule has 1 heterocycles. The van der Waals surface area contributed by atoms with Crippen LogP contribution < -0.4 is 16.4 Å². The molecule has 2 aliphatic carbocycles. The van der Waals surface area contributed by atoms with Gasteiger partial charge in [-0.15, -0.1) is 0 Å². The first-order valence-corrected chi connectivity index (χ1v) is 14.8. The van der Waals surface area contributed by atoms with Crippen molar-refractivity contribution in [3.63, 3.8) is 0 Å². The summed E-state index contributed by atoms with van der Waals surface area (Å²) in [6.07, 6.45) is 5.83. The van der Waals surface area contributed by atoms with Gasteiger partial charge < -0.3 is 26.0 Å². The summed E-state index contributed by atoms with van der Waals surface area (Å²) >= 11 is 0. The number of Topliss-reactive ketones (excluding diaryl/α,β-unsaturated/α-hetero) is 1. The molecule has 3 fully saturated rings. The lowest BCUT2D eigenvalue weighted by Crippen LogP contribution is -2.59. The van der Waals surface area contributed by atoms with E-state index in [0.717, 1.165) is 38.5 Å². The summed E-state index contributed by atoms with van der Waals surface area (Å²) in [6, 6.07) is -2.78. The standard InChI is InChI=1S/C30H50N4O6/c1-9-29(10-2)16-30(29)15-20(24(37)32-19(21(35)23(31)36)14-18-12-11-13-18)34(17-30)25(38)22(27(3,4)5)33-26(39)40-28(6,7)8/h18-20,22H,9-17H2,1-8H3,(H2,31,36)(H,32,37)(H,33,39)/t19?,20-,22+,30?/m0/s1. The van der Waals surface area contributed by atoms with E-state index in [1.54, 1.807) is 25.7 Å². The Morgan fingerprint density at radius 2 is 1.60 bits per heavy atom. The van der Waals surface area contributed by atoms with Gasteiger partial charge in [-0.2, -0.15) is 0 Å². The summed E-state index contributed by atoms with van der Waals surface area (Å²) < 4.78 is 5.44. The third kappa shape index (κ3) is 6.62. The SMILES string of the molecule is CCC1(CC)CC12C[C@@H](C(=O)NC(CC1CCC1)C(=O)C(N)=O)N(C(=O)[C@@H](NC(=O)OC(C)(C)C)C(C)(C)C)C2. The summed E-state index contributed by atoms with van der Waals surface area (Å²) in [5.41, 5.74) is 3.73. The van der Waals surface area contributed by atoms with Crippen LogP contribution in [0.2, 0.25) is 0 Å². The molecule has 0 aromatic rings. The van der Waals surface area contributed by atoms with Crippen LogP contribution in [0.4, 0.5) is 4.79 Å². The molecule has 4 amide bonds. The van der Waals surface area contributed by atoms with Crippen LogP contribution >= 0.6 is 0 Å². The average molecular weight is 563 g/mol. The largest absolute Gasteiger partial charge is 0.444 e. The van der Waals surface area contributed by atoms with Gasteiger partial charge in [-0.1, -0.05) is 53.9 Å². The van der Waals surface area contributed by atoms with Crippen molar-refractivity contribution in [1.29, 1.82) is 0 Å². The summed E-state index contributed by atoms with van der Waals surface area (Å²) in [6.45, 7) is 15.5. The Balaban J connectivity index is 1.90.